The van der Waals surface area contributed by atoms with Crippen LogP contribution in [0.15, 0.2) is 22.0 Å². The molecule has 1 aliphatic rings. The molecule has 0 aromatic carbocycles. The number of hydrogen-bond donors (Lipinski definition) is 1. The number of rotatable bonds is 7. The highest BCUT2D eigenvalue weighted by molar-refractivity contribution is 8.01. The number of carbonyl (C=O) groups is 1. The summed E-state index contributed by atoms with van der Waals surface area (Å²) in [6.07, 6.45) is 4.18. The summed E-state index contributed by atoms with van der Waals surface area (Å²) in [5.74, 6) is 0.466. The maximum absolute atomic E-state index is 12.7. The smallest absolute Gasteiger partial charge is 0.206 e. The highest BCUT2D eigenvalue weighted by Gasteiger charge is 2.23. The molecule has 0 aliphatic heterocycles. The Hall–Kier alpha value is -1.71. The van der Waals surface area contributed by atoms with Gasteiger partial charge in [0.25, 0.3) is 0 Å². The minimum atomic E-state index is 0.104. The number of ketones is 1. The summed E-state index contributed by atoms with van der Waals surface area (Å²) in [5.41, 5.74) is 2.71. The largest absolute Gasteiger partial charge is 0.357 e. The minimum Gasteiger partial charge on any atom is -0.357 e. The van der Waals surface area contributed by atoms with E-state index in [0.29, 0.717) is 11.8 Å². The monoisotopic (exact) mass is 391 g/mol. The highest BCUT2D eigenvalue weighted by atomic mass is 32.2. The number of anilines is 1. The Morgan fingerprint density at radius 3 is 2.96 bits per heavy atom. The van der Waals surface area contributed by atoms with Gasteiger partial charge in [0.2, 0.25) is 5.13 Å². The third-order valence-electron chi connectivity index (χ3n) is 3.98. The van der Waals surface area contributed by atoms with Gasteiger partial charge in [-0.1, -0.05) is 23.1 Å². The summed E-state index contributed by atoms with van der Waals surface area (Å²) in [5, 5.41) is 15.3. The van der Waals surface area contributed by atoms with Gasteiger partial charge >= 0.3 is 0 Å². The second-order valence-corrected chi connectivity index (χ2v) is 9.01. The zero-order chi connectivity index (χ0) is 17.4. The van der Waals surface area contributed by atoms with Crippen LogP contribution in [0.5, 0.6) is 0 Å². The van der Waals surface area contributed by atoms with Crippen LogP contribution in [-0.2, 0) is 0 Å². The Labute approximate surface area is 157 Å². The number of thioether (sulfide) groups is 1. The number of hydrogen-bond acceptors (Lipinski definition) is 8. The quantitative estimate of drug-likeness (QED) is 0.486. The first-order chi connectivity index (χ1) is 12.1. The fourth-order valence-corrected chi connectivity index (χ4v) is 5.06. The zero-order valence-corrected chi connectivity index (χ0v) is 16.3. The standard InChI is InChI=1S/C16H17N5OS3/c1-9-7-12(10(2)21(9)15-17-5-6-23-15)13(22)8-24-16-20-19-14(25-16)18-11-3-4-11/h5-7,11H,3-4,8H2,1-2H3,(H,18,19). The van der Waals surface area contributed by atoms with Crippen LogP contribution in [0.25, 0.3) is 5.13 Å². The van der Waals surface area contributed by atoms with Crippen molar-refractivity contribution in [3.8, 4) is 5.13 Å². The Kier molecular flexibility index (Phi) is 4.61. The van der Waals surface area contributed by atoms with E-state index in [9.17, 15) is 4.79 Å². The van der Waals surface area contributed by atoms with Gasteiger partial charge in [0.15, 0.2) is 15.3 Å². The molecule has 4 rings (SSSR count). The van der Waals surface area contributed by atoms with E-state index >= 15 is 0 Å². The number of nitrogens with zero attached hydrogens (tertiary/aromatic N) is 4. The molecule has 0 saturated heterocycles. The molecule has 0 atom stereocenters. The van der Waals surface area contributed by atoms with Crippen molar-refractivity contribution < 1.29 is 4.79 Å². The molecule has 1 saturated carbocycles. The van der Waals surface area contributed by atoms with Gasteiger partial charge in [-0.3, -0.25) is 9.36 Å². The molecule has 3 heterocycles. The summed E-state index contributed by atoms with van der Waals surface area (Å²) in [7, 11) is 0. The molecule has 1 aliphatic carbocycles. The number of carbonyl (C=O) groups excluding carboxylic acids is 1. The zero-order valence-electron chi connectivity index (χ0n) is 13.9. The molecule has 3 aromatic rings. The lowest BCUT2D eigenvalue weighted by Crippen LogP contribution is -2.05. The molecule has 6 nitrogen and oxygen atoms in total. The van der Waals surface area contributed by atoms with Crippen LogP contribution in [0.4, 0.5) is 5.13 Å². The molecule has 0 bridgehead atoms. The van der Waals surface area contributed by atoms with E-state index in [2.05, 4.69) is 20.5 Å². The van der Waals surface area contributed by atoms with Crippen molar-refractivity contribution in [1.29, 1.82) is 0 Å². The van der Waals surface area contributed by atoms with Crippen LogP contribution in [0.3, 0.4) is 0 Å². The van der Waals surface area contributed by atoms with E-state index in [0.717, 1.165) is 31.6 Å². The van der Waals surface area contributed by atoms with Gasteiger partial charge in [-0.25, -0.2) is 4.98 Å². The molecule has 25 heavy (non-hydrogen) atoms. The number of thiazole rings is 1. The predicted octanol–water partition coefficient (Wildman–Crippen LogP) is 3.95. The lowest BCUT2D eigenvalue weighted by atomic mass is 10.2. The van der Waals surface area contributed by atoms with Gasteiger partial charge in [-0.05, 0) is 32.8 Å². The first-order valence-corrected chi connectivity index (χ1v) is 10.6. The van der Waals surface area contributed by atoms with Gasteiger partial charge in [-0.15, -0.1) is 21.5 Å². The second kappa shape index (κ2) is 6.89. The highest BCUT2D eigenvalue weighted by Crippen LogP contribution is 2.31. The molecule has 130 valence electrons. The van der Waals surface area contributed by atoms with Crippen molar-refractivity contribution in [2.75, 3.05) is 11.1 Å². The van der Waals surface area contributed by atoms with Gasteiger partial charge in [0.05, 0.1) is 5.75 Å². The van der Waals surface area contributed by atoms with E-state index in [1.807, 2.05) is 29.9 Å². The molecule has 9 heteroatoms. The van der Waals surface area contributed by atoms with E-state index < -0.39 is 0 Å². The molecule has 1 fully saturated rings. The fourth-order valence-electron chi connectivity index (χ4n) is 2.60. The molecule has 0 amide bonds. The van der Waals surface area contributed by atoms with Gasteiger partial charge < -0.3 is 5.32 Å². The second-order valence-electron chi connectivity index (χ2n) is 5.94. The maximum atomic E-state index is 12.7. The third kappa shape index (κ3) is 3.63. The van der Waals surface area contributed by atoms with Crippen molar-refractivity contribution in [3.05, 3.63) is 34.6 Å². The number of Topliss-reactive ketones (excluding diaryl/α,β-unsaturated/α-hetero) is 1. The van der Waals surface area contributed by atoms with Crippen molar-refractivity contribution in [2.45, 2.75) is 37.1 Å². The maximum Gasteiger partial charge on any atom is 0.206 e. The molecular weight excluding hydrogens is 374 g/mol. The van der Waals surface area contributed by atoms with Crippen LogP contribution < -0.4 is 5.32 Å². The average molecular weight is 392 g/mol. The lowest BCUT2D eigenvalue weighted by Gasteiger charge is -2.05. The Morgan fingerprint density at radius 1 is 1.40 bits per heavy atom. The molecular formula is C16H17N5OS3. The number of aryl methyl sites for hydroxylation is 1. The lowest BCUT2D eigenvalue weighted by molar-refractivity contribution is 0.102. The Balaban J connectivity index is 1.44. The first kappa shape index (κ1) is 16.7. The summed E-state index contributed by atoms with van der Waals surface area (Å²) in [4.78, 5) is 17.0. The molecule has 3 aromatic heterocycles. The number of nitrogens with one attached hydrogen (secondary N) is 1. The van der Waals surface area contributed by atoms with Gasteiger partial charge in [0.1, 0.15) is 0 Å². The molecule has 1 N–H and O–H groups in total. The third-order valence-corrected chi connectivity index (χ3v) is 6.72. The Morgan fingerprint density at radius 2 is 2.24 bits per heavy atom. The van der Waals surface area contributed by atoms with Crippen molar-refractivity contribution in [1.82, 2.24) is 19.7 Å². The van der Waals surface area contributed by atoms with Crippen LogP contribution >= 0.6 is 34.4 Å². The molecule has 0 spiro atoms. The van der Waals surface area contributed by atoms with E-state index in [4.69, 9.17) is 0 Å². The average Bonchev–Trinajstić information content (AvgIpc) is 2.99. The van der Waals surface area contributed by atoms with Crippen LogP contribution in [-0.4, -0.2) is 37.3 Å². The summed E-state index contributed by atoms with van der Waals surface area (Å²) >= 11 is 4.52. The van der Waals surface area contributed by atoms with E-state index in [1.54, 1.807) is 17.5 Å². The van der Waals surface area contributed by atoms with Gasteiger partial charge in [0, 0.05) is 34.6 Å². The van der Waals surface area contributed by atoms with Crippen LogP contribution in [0, 0.1) is 13.8 Å². The fraction of sp³-hybridized carbons (Fsp3) is 0.375. The topological polar surface area (TPSA) is 72.7 Å². The minimum absolute atomic E-state index is 0.104. The predicted molar refractivity (Wildman–Crippen MR) is 103 cm³/mol. The van der Waals surface area contributed by atoms with Gasteiger partial charge in [-0.2, -0.15) is 0 Å². The first-order valence-electron chi connectivity index (χ1n) is 7.96. The van der Waals surface area contributed by atoms with Crippen molar-refractivity contribution in [3.63, 3.8) is 0 Å². The molecule has 0 unspecified atom stereocenters. The van der Waals surface area contributed by atoms with Crippen molar-refractivity contribution in [2.24, 2.45) is 0 Å². The SMILES string of the molecule is Cc1cc(C(=O)CSc2nnc(NC3CC3)s2)c(C)n1-c1nccs1. The summed E-state index contributed by atoms with van der Waals surface area (Å²) in [6, 6.07) is 2.50. The van der Waals surface area contributed by atoms with E-state index in [1.165, 1.54) is 35.9 Å². The summed E-state index contributed by atoms with van der Waals surface area (Å²) < 4.78 is 2.86. The summed E-state index contributed by atoms with van der Waals surface area (Å²) in [6.45, 7) is 3.97. The Bertz CT molecular complexity index is 895. The van der Waals surface area contributed by atoms with Crippen molar-refractivity contribution >= 4 is 45.4 Å². The van der Waals surface area contributed by atoms with Crippen LogP contribution in [0.2, 0.25) is 0 Å². The normalized spacial score (nSPS) is 14.0. The van der Waals surface area contributed by atoms with Crippen LogP contribution in [0.1, 0.15) is 34.6 Å². The van der Waals surface area contributed by atoms with E-state index in [-0.39, 0.29) is 5.78 Å². The molecule has 0 radical (unpaired) electrons. The number of aromatic nitrogens is 4.